The van der Waals surface area contributed by atoms with Gasteiger partial charge in [-0.2, -0.15) is 0 Å². The van der Waals surface area contributed by atoms with E-state index in [0.29, 0.717) is 29.5 Å². The van der Waals surface area contributed by atoms with E-state index in [-0.39, 0.29) is 5.69 Å². The van der Waals surface area contributed by atoms with Crippen LogP contribution in [-0.2, 0) is 4.79 Å². The molecule has 0 atom stereocenters. The van der Waals surface area contributed by atoms with Gasteiger partial charge in [0, 0.05) is 17.8 Å². The average molecular weight is 346 g/mol. The van der Waals surface area contributed by atoms with Crippen molar-refractivity contribution in [2.24, 2.45) is 5.92 Å². The molecule has 0 bridgehead atoms. The van der Waals surface area contributed by atoms with Crippen LogP contribution in [-0.4, -0.2) is 37.5 Å². The van der Waals surface area contributed by atoms with Gasteiger partial charge in [0.15, 0.2) is 0 Å². The third kappa shape index (κ3) is 3.28. The van der Waals surface area contributed by atoms with Crippen molar-refractivity contribution in [1.29, 1.82) is 0 Å². The molecule has 126 valence electrons. The van der Waals surface area contributed by atoms with Crippen molar-refractivity contribution >= 4 is 23.2 Å². The quantitative estimate of drug-likeness (QED) is 0.880. The van der Waals surface area contributed by atoms with Crippen LogP contribution in [0.15, 0.2) is 24.0 Å². The summed E-state index contributed by atoms with van der Waals surface area (Å²) in [5.74, 6) is -0.956. The minimum atomic E-state index is -1.19. The van der Waals surface area contributed by atoms with Crippen LogP contribution in [0.4, 0.5) is 0 Å². The number of carbonyl (C=O) groups excluding carboxylic acids is 1. The van der Waals surface area contributed by atoms with Crippen LogP contribution >= 0.6 is 11.3 Å². The second-order valence-electron chi connectivity index (χ2n) is 6.15. The topological polar surface area (TPSA) is 105 Å². The Labute approximate surface area is 143 Å². The lowest BCUT2D eigenvalue weighted by molar-refractivity contribution is -0.146. The molecule has 1 aliphatic rings. The standard InChI is InChI=1S/C16H18N4O3S/c1-10-2-4-16(5-3-10,15(22)23)20-13(21)12-9-24-14(19-12)11-8-17-6-7-18-11/h6-10H,2-5H2,1H3,(H,20,21)(H,22,23). The summed E-state index contributed by atoms with van der Waals surface area (Å²) >= 11 is 1.28. The Morgan fingerprint density at radius 1 is 1.33 bits per heavy atom. The van der Waals surface area contributed by atoms with Crippen LogP contribution in [0.1, 0.15) is 43.1 Å². The molecule has 1 aliphatic carbocycles. The second kappa shape index (κ2) is 6.64. The van der Waals surface area contributed by atoms with Crippen LogP contribution in [0.25, 0.3) is 10.7 Å². The molecule has 3 rings (SSSR count). The highest BCUT2D eigenvalue weighted by atomic mass is 32.1. The highest BCUT2D eigenvalue weighted by Crippen LogP contribution is 2.32. The fourth-order valence-electron chi connectivity index (χ4n) is 2.83. The van der Waals surface area contributed by atoms with Crippen LogP contribution in [0.5, 0.6) is 0 Å². The lowest BCUT2D eigenvalue weighted by Crippen LogP contribution is -2.56. The Bertz CT molecular complexity index is 739. The van der Waals surface area contributed by atoms with Crippen LogP contribution < -0.4 is 5.32 Å². The number of nitrogens with one attached hydrogen (secondary N) is 1. The molecule has 2 heterocycles. The Morgan fingerprint density at radius 3 is 2.71 bits per heavy atom. The number of carboxylic acids is 1. The lowest BCUT2D eigenvalue weighted by atomic mass is 9.77. The Morgan fingerprint density at radius 2 is 2.08 bits per heavy atom. The first-order valence-electron chi connectivity index (χ1n) is 7.78. The number of carboxylic acid groups (broad SMARTS) is 1. The molecule has 0 saturated heterocycles. The van der Waals surface area contributed by atoms with E-state index in [1.165, 1.54) is 11.3 Å². The van der Waals surface area contributed by atoms with Crippen molar-refractivity contribution in [2.45, 2.75) is 38.1 Å². The molecule has 7 nitrogen and oxygen atoms in total. The van der Waals surface area contributed by atoms with E-state index in [1.807, 2.05) is 0 Å². The molecule has 0 radical (unpaired) electrons. The normalized spacial score (nSPS) is 23.6. The Balaban J connectivity index is 1.77. The maximum absolute atomic E-state index is 12.5. The second-order valence-corrected chi connectivity index (χ2v) is 7.01. The molecule has 0 aliphatic heterocycles. The molecule has 1 fully saturated rings. The van der Waals surface area contributed by atoms with Gasteiger partial charge in [0.05, 0.1) is 6.20 Å². The van der Waals surface area contributed by atoms with Crippen molar-refractivity contribution in [3.63, 3.8) is 0 Å². The summed E-state index contributed by atoms with van der Waals surface area (Å²) < 4.78 is 0. The molecule has 8 heteroatoms. The number of aliphatic carboxylic acids is 1. The third-order valence-corrected chi connectivity index (χ3v) is 5.27. The molecule has 0 spiro atoms. The number of aromatic nitrogens is 3. The third-order valence-electron chi connectivity index (χ3n) is 4.41. The molecule has 0 unspecified atom stereocenters. The van der Waals surface area contributed by atoms with Crippen molar-refractivity contribution in [3.8, 4) is 10.7 Å². The molecule has 2 aromatic heterocycles. The Hall–Kier alpha value is -2.35. The van der Waals surface area contributed by atoms with Crippen molar-refractivity contribution in [2.75, 3.05) is 0 Å². The van der Waals surface area contributed by atoms with Gasteiger partial charge in [-0.05, 0) is 31.6 Å². The van der Waals surface area contributed by atoms with Crippen LogP contribution in [0.2, 0.25) is 0 Å². The van der Waals surface area contributed by atoms with Crippen molar-refractivity contribution in [1.82, 2.24) is 20.3 Å². The maximum atomic E-state index is 12.5. The fraction of sp³-hybridized carbons (Fsp3) is 0.438. The van der Waals surface area contributed by atoms with Gasteiger partial charge >= 0.3 is 5.97 Å². The largest absolute Gasteiger partial charge is 0.480 e. The zero-order valence-electron chi connectivity index (χ0n) is 13.2. The van der Waals surface area contributed by atoms with Gasteiger partial charge in [0.2, 0.25) is 0 Å². The summed E-state index contributed by atoms with van der Waals surface area (Å²) in [6.45, 7) is 2.10. The van der Waals surface area contributed by atoms with E-state index >= 15 is 0 Å². The number of hydrogen-bond acceptors (Lipinski definition) is 6. The zero-order chi connectivity index (χ0) is 17.2. The first-order chi connectivity index (χ1) is 11.5. The SMILES string of the molecule is CC1CCC(NC(=O)c2csc(-c3cnccn3)n2)(C(=O)O)CC1. The van der Waals surface area contributed by atoms with E-state index < -0.39 is 17.4 Å². The highest BCUT2D eigenvalue weighted by molar-refractivity contribution is 7.13. The molecule has 0 aromatic carbocycles. The molecule has 1 saturated carbocycles. The zero-order valence-corrected chi connectivity index (χ0v) is 14.0. The first-order valence-corrected chi connectivity index (χ1v) is 8.66. The van der Waals surface area contributed by atoms with Gasteiger partial charge in [-0.25, -0.2) is 9.78 Å². The summed E-state index contributed by atoms with van der Waals surface area (Å²) in [6, 6.07) is 0. The molecule has 2 N–H and O–H groups in total. The smallest absolute Gasteiger partial charge is 0.329 e. The molecule has 24 heavy (non-hydrogen) atoms. The minimum Gasteiger partial charge on any atom is -0.480 e. The highest BCUT2D eigenvalue weighted by Gasteiger charge is 2.42. The molecular weight excluding hydrogens is 328 g/mol. The number of nitrogens with zero attached hydrogens (tertiary/aromatic N) is 3. The van der Waals surface area contributed by atoms with Gasteiger partial charge in [-0.1, -0.05) is 6.92 Å². The van der Waals surface area contributed by atoms with Gasteiger partial charge < -0.3 is 10.4 Å². The van der Waals surface area contributed by atoms with E-state index in [9.17, 15) is 14.7 Å². The van der Waals surface area contributed by atoms with Gasteiger partial charge in [-0.15, -0.1) is 11.3 Å². The summed E-state index contributed by atoms with van der Waals surface area (Å²) in [5, 5.41) is 14.5. The van der Waals surface area contributed by atoms with Crippen molar-refractivity contribution in [3.05, 3.63) is 29.7 Å². The van der Waals surface area contributed by atoms with Crippen LogP contribution in [0.3, 0.4) is 0 Å². The average Bonchev–Trinajstić information content (AvgIpc) is 3.08. The van der Waals surface area contributed by atoms with Gasteiger partial charge in [0.25, 0.3) is 5.91 Å². The molecule has 2 aromatic rings. The summed E-state index contributed by atoms with van der Waals surface area (Å²) in [4.78, 5) is 36.6. The maximum Gasteiger partial charge on any atom is 0.329 e. The molecular formula is C16H18N4O3S. The van der Waals surface area contributed by atoms with Gasteiger partial charge in [0.1, 0.15) is 21.9 Å². The number of amides is 1. The number of rotatable bonds is 4. The number of thiazole rings is 1. The predicted octanol–water partition coefficient (Wildman–Crippen LogP) is 2.36. The monoisotopic (exact) mass is 346 g/mol. The van der Waals surface area contributed by atoms with E-state index in [4.69, 9.17) is 0 Å². The van der Waals surface area contributed by atoms with Gasteiger partial charge in [-0.3, -0.25) is 14.8 Å². The van der Waals surface area contributed by atoms with E-state index in [2.05, 4.69) is 27.2 Å². The Kier molecular flexibility index (Phi) is 4.57. The summed E-state index contributed by atoms with van der Waals surface area (Å²) in [7, 11) is 0. The number of carbonyl (C=O) groups is 2. The molecule has 1 amide bonds. The number of hydrogen-bond donors (Lipinski definition) is 2. The van der Waals surface area contributed by atoms with E-state index in [0.717, 1.165) is 12.8 Å². The minimum absolute atomic E-state index is 0.208. The summed E-state index contributed by atoms with van der Waals surface area (Å²) in [6.07, 6.45) is 7.14. The van der Waals surface area contributed by atoms with E-state index in [1.54, 1.807) is 24.0 Å². The van der Waals surface area contributed by atoms with Crippen molar-refractivity contribution < 1.29 is 14.7 Å². The first kappa shape index (κ1) is 16.5. The van der Waals surface area contributed by atoms with Crippen LogP contribution in [0, 0.1) is 5.92 Å². The summed E-state index contributed by atoms with van der Waals surface area (Å²) in [5.41, 5.74) is -0.402. The predicted molar refractivity (Wildman–Crippen MR) is 88.6 cm³/mol. The fourth-order valence-corrected chi connectivity index (χ4v) is 3.59. The lowest BCUT2D eigenvalue weighted by Gasteiger charge is -2.36.